The molecule has 16 heavy (non-hydrogen) atoms. The van der Waals surface area contributed by atoms with Crippen LogP contribution in [0.25, 0.3) is 0 Å². The summed E-state index contributed by atoms with van der Waals surface area (Å²) in [6.45, 7) is 7.54. The molecule has 1 nitrogen and oxygen atoms in total. The quantitative estimate of drug-likeness (QED) is 0.432. The van der Waals surface area contributed by atoms with Gasteiger partial charge in [0.2, 0.25) is 0 Å². The van der Waals surface area contributed by atoms with Gasteiger partial charge >= 0.3 is 0 Å². The molecule has 0 fully saturated rings. The van der Waals surface area contributed by atoms with Crippen LogP contribution in [0.2, 0.25) is 0 Å². The van der Waals surface area contributed by atoms with Crippen molar-refractivity contribution in [2.75, 3.05) is 6.54 Å². The largest absolute Gasteiger partial charge is 0.313 e. The third-order valence-corrected chi connectivity index (χ3v) is 3.13. The van der Waals surface area contributed by atoms with Gasteiger partial charge in [-0.3, -0.25) is 0 Å². The molecule has 0 aromatic heterocycles. The molecule has 0 saturated carbocycles. The topological polar surface area (TPSA) is 12.0 Å². The van der Waals surface area contributed by atoms with Crippen molar-refractivity contribution in [3.8, 4) is 0 Å². The maximum Gasteiger partial charge on any atom is 0.0190 e. The average molecular weight is 226 g/mol. The molecule has 0 unspecified atom stereocenters. The molecule has 1 N–H and O–H groups in total. The molecule has 1 heteroatoms. The van der Waals surface area contributed by atoms with Crippen molar-refractivity contribution >= 4 is 0 Å². The number of hydrogen-bond acceptors (Lipinski definition) is 1. The van der Waals surface area contributed by atoms with Crippen molar-refractivity contribution in [1.29, 1.82) is 0 Å². The first-order valence-corrected chi connectivity index (χ1v) is 7.43. The van der Waals surface area contributed by atoms with Crippen LogP contribution in [0.3, 0.4) is 0 Å². The standard InChI is InChI=1S/C15H32N/c1-3-5-6-7-8-9-10-11-12-13-14-15-16-4-2/h4,16H,3,5-15H2,1-2H3. The highest BCUT2D eigenvalue weighted by atomic mass is 14.8. The summed E-state index contributed by atoms with van der Waals surface area (Å²) in [4.78, 5) is 0. The summed E-state index contributed by atoms with van der Waals surface area (Å²) in [5.41, 5.74) is 0. The molecular weight excluding hydrogens is 194 g/mol. The summed E-state index contributed by atoms with van der Waals surface area (Å²) in [6, 6.07) is 0. The minimum absolute atomic E-state index is 1.16. The van der Waals surface area contributed by atoms with E-state index in [9.17, 15) is 0 Å². The maximum absolute atomic E-state index is 3.25. The summed E-state index contributed by atoms with van der Waals surface area (Å²) in [5.74, 6) is 0. The molecule has 0 amide bonds. The Bertz CT molecular complexity index is 98.0. The van der Waals surface area contributed by atoms with Gasteiger partial charge in [-0.1, -0.05) is 71.1 Å². The van der Waals surface area contributed by atoms with Crippen molar-refractivity contribution in [2.45, 2.75) is 84.5 Å². The molecule has 0 bridgehead atoms. The summed E-state index contributed by atoms with van der Waals surface area (Å²) in [6.07, 6.45) is 15.7. The SMILES string of the molecule is C[CH]NCCCCCCCCCCCCC. The Morgan fingerprint density at radius 2 is 1.12 bits per heavy atom. The molecule has 1 radical (unpaired) electrons. The molecule has 0 spiro atoms. The van der Waals surface area contributed by atoms with Gasteiger partial charge in [0, 0.05) is 6.54 Å². The first-order valence-electron chi connectivity index (χ1n) is 7.43. The molecular formula is C15H32N. The van der Waals surface area contributed by atoms with Gasteiger partial charge in [0.1, 0.15) is 0 Å². The highest BCUT2D eigenvalue weighted by molar-refractivity contribution is 4.53. The monoisotopic (exact) mass is 226 g/mol. The molecule has 0 atom stereocenters. The van der Waals surface area contributed by atoms with E-state index in [0.717, 1.165) is 6.54 Å². The third kappa shape index (κ3) is 14.0. The molecule has 0 saturated heterocycles. The molecule has 0 aliphatic heterocycles. The molecule has 0 aliphatic carbocycles. The fraction of sp³-hybridized carbons (Fsp3) is 0.933. The zero-order valence-electron chi connectivity index (χ0n) is 11.6. The zero-order chi connectivity index (χ0) is 11.9. The van der Waals surface area contributed by atoms with E-state index >= 15 is 0 Å². The van der Waals surface area contributed by atoms with Crippen LogP contribution in [0.15, 0.2) is 0 Å². The van der Waals surface area contributed by atoms with E-state index < -0.39 is 0 Å². The van der Waals surface area contributed by atoms with Crippen LogP contribution in [0.1, 0.15) is 84.5 Å². The zero-order valence-corrected chi connectivity index (χ0v) is 11.6. The van der Waals surface area contributed by atoms with Gasteiger partial charge in [0.15, 0.2) is 0 Å². The van der Waals surface area contributed by atoms with Gasteiger partial charge < -0.3 is 5.32 Å². The van der Waals surface area contributed by atoms with Crippen molar-refractivity contribution < 1.29 is 0 Å². The predicted octanol–water partition coefficient (Wildman–Crippen LogP) is 5.07. The lowest BCUT2D eigenvalue weighted by Crippen LogP contribution is -2.08. The number of unbranched alkanes of at least 4 members (excludes halogenated alkanes) is 10. The van der Waals surface area contributed by atoms with Crippen LogP contribution in [-0.4, -0.2) is 6.54 Å². The van der Waals surface area contributed by atoms with Crippen molar-refractivity contribution in [3.05, 3.63) is 6.54 Å². The van der Waals surface area contributed by atoms with E-state index in [4.69, 9.17) is 0 Å². The summed E-state index contributed by atoms with van der Waals surface area (Å²) < 4.78 is 0. The van der Waals surface area contributed by atoms with Crippen molar-refractivity contribution in [3.63, 3.8) is 0 Å². The van der Waals surface area contributed by atoms with Gasteiger partial charge in [0.05, 0.1) is 0 Å². The van der Waals surface area contributed by atoms with E-state index in [1.807, 2.05) is 6.54 Å². The van der Waals surface area contributed by atoms with Crippen LogP contribution in [0.5, 0.6) is 0 Å². The maximum atomic E-state index is 3.25. The molecule has 97 valence electrons. The van der Waals surface area contributed by atoms with Crippen LogP contribution >= 0.6 is 0 Å². The first kappa shape index (κ1) is 16.0. The molecule has 0 aliphatic rings. The van der Waals surface area contributed by atoms with Crippen LogP contribution in [-0.2, 0) is 0 Å². The lowest BCUT2D eigenvalue weighted by Gasteiger charge is -2.02. The highest BCUT2D eigenvalue weighted by Gasteiger charge is 1.92. The van der Waals surface area contributed by atoms with Crippen molar-refractivity contribution in [1.82, 2.24) is 5.32 Å². The second-order valence-electron chi connectivity index (χ2n) is 4.78. The molecule has 0 heterocycles. The van der Waals surface area contributed by atoms with Crippen LogP contribution in [0, 0.1) is 6.54 Å². The van der Waals surface area contributed by atoms with E-state index in [1.165, 1.54) is 70.6 Å². The lowest BCUT2D eigenvalue weighted by atomic mass is 10.1. The van der Waals surface area contributed by atoms with E-state index in [2.05, 4.69) is 19.2 Å². The second-order valence-corrected chi connectivity index (χ2v) is 4.78. The van der Waals surface area contributed by atoms with Crippen molar-refractivity contribution in [2.24, 2.45) is 0 Å². The molecule has 0 rings (SSSR count). The highest BCUT2D eigenvalue weighted by Crippen LogP contribution is 2.10. The van der Waals surface area contributed by atoms with Gasteiger partial charge in [-0.2, -0.15) is 0 Å². The Morgan fingerprint density at radius 1 is 0.688 bits per heavy atom. The number of nitrogens with one attached hydrogen (secondary N) is 1. The minimum Gasteiger partial charge on any atom is -0.313 e. The Labute approximate surface area is 103 Å². The van der Waals surface area contributed by atoms with Gasteiger partial charge in [-0.15, -0.1) is 0 Å². The predicted molar refractivity (Wildman–Crippen MR) is 74.4 cm³/mol. The van der Waals surface area contributed by atoms with Gasteiger partial charge in [0.25, 0.3) is 0 Å². The fourth-order valence-corrected chi connectivity index (χ4v) is 2.04. The summed E-state index contributed by atoms with van der Waals surface area (Å²) in [7, 11) is 0. The second kappa shape index (κ2) is 15.0. The Morgan fingerprint density at radius 3 is 1.56 bits per heavy atom. The van der Waals surface area contributed by atoms with Gasteiger partial charge in [-0.05, 0) is 19.9 Å². The Balaban J connectivity index is 2.83. The Kier molecular flexibility index (Phi) is 14.9. The first-order chi connectivity index (χ1) is 7.91. The fourth-order valence-electron chi connectivity index (χ4n) is 2.04. The van der Waals surface area contributed by atoms with Crippen LogP contribution in [0.4, 0.5) is 0 Å². The molecule has 0 aromatic rings. The lowest BCUT2D eigenvalue weighted by molar-refractivity contribution is 0.545. The van der Waals surface area contributed by atoms with Gasteiger partial charge in [-0.25, -0.2) is 0 Å². The number of hydrogen-bond donors (Lipinski definition) is 1. The summed E-state index contributed by atoms with van der Waals surface area (Å²) >= 11 is 0. The third-order valence-electron chi connectivity index (χ3n) is 3.13. The number of rotatable bonds is 13. The minimum atomic E-state index is 1.16. The van der Waals surface area contributed by atoms with E-state index in [-0.39, 0.29) is 0 Å². The smallest absolute Gasteiger partial charge is 0.0190 e. The Hall–Kier alpha value is -0.0400. The van der Waals surface area contributed by atoms with E-state index in [1.54, 1.807) is 0 Å². The normalized spacial score (nSPS) is 10.9. The summed E-state index contributed by atoms with van der Waals surface area (Å²) in [5, 5.41) is 3.25. The van der Waals surface area contributed by atoms with E-state index in [0.29, 0.717) is 0 Å². The van der Waals surface area contributed by atoms with Crippen LogP contribution < -0.4 is 5.32 Å². The average Bonchev–Trinajstić information content (AvgIpc) is 2.31. The molecule has 0 aromatic carbocycles.